The second-order valence-electron chi connectivity index (χ2n) is 4.73. The third kappa shape index (κ3) is 3.32. The lowest BCUT2D eigenvalue weighted by molar-refractivity contribution is -0.144. The number of nitrogens with two attached hydrogens (primary N) is 1. The van der Waals surface area contributed by atoms with Crippen LogP contribution in [0.25, 0.3) is 0 Å². The van der Waals surface area contributed by atoms with Crippen LogP contribution in [0.1, 0.15) is 19.0 Å². The lowest BCUT2D eigenvalue weighted by atomic mass is 9.96. The normalized spacial score (nSPS) is 21.4. The molecule has 13 heteroatoms. The van der Waals surface area contributed by atoms with Gasteiger partial charge in [-0.2, -0.15) is 8.42 Å². The van der Waals surface area contributed by atoms with E-state index in [4.69, 9.17) is 10.3 Å². The molecule has 1 aromatic heterocycles. The van der Waals surface area contributed by atoms with E-state index in [0.29, 0.717) is 4.31 Å². The quantitative estimate of drug-likeness (QED) is 0.245. The highest BCUT2D eigenvalue weighted by Gasteiger charge is 2.53. The van der Waals surface area contributed by atoms with Gasteiger partial charge < -0.3 is 15.9 Å². The number of carbonyl (C=O) groups is 2. The smallest absolute Gasteiger partial charge is 0.362 e. The minimum absolute atomic E-state index is 0.156. The van der Waals surface area contributed by atoms with Crippen molar-refractivity contribution in [2.75, 3.05) is 12.8 Å². The van der Waals surface area contributed by atoms with E-state index in [1.165, 1.54) is 12.5 Å². The monoisotopic (exact) mass is 377 g/mol. The second-order valence-corrected chi connectivity index (χ2v) is 6.91. The van der Waals surface area contributed by atoms with Crippen molar-refractivity contribution in [1.29, 1.82) is 0 Å². The fraction of sp³-hybridized carbons (Fsp3) is 0.455. The number of nitrogen functional groups attached to an aromatic ring is 1. The van der Waals surface area contributed by atoms with Crippen LogP contribution in [0.4, 0.5) is 5.13 Å². The van der Waals surface area contributed by atoms with Crippen LogP contribution in [0.5, 0.6) is 0 Å². The summed E-state index contributed by atoms with van der Waals surface area (Å²) in [7, 11) is -3.45. The highest BCUT2D eigenvalue weighted by molar-refractivity contribution is 7.84. The summed E-state index contributed by atoms with van der Waals surface area (Å²) in [6.45, 7) is 1.61. The van der Waals surface area contributed by atoms with Crippen LogP contribution in [0, 0.1) is 0 Å². The molecule has 1 fully saturated rings. The SMILES string of the molecule is CCC1C(NC(=O)/C(=N\OC)c2csc(N)n2)C(=O)N1S(=O)(=O)O. The van der Waals surface area contributed by atoms with Crippen LogP contribution in [0.3, 0.4) is 0 Å². The van der Waals surface area contributed by atoms with Gasteiger partial charge in [-0.25, -0.2) is 9.29 Å². The summed E-state index contributed by atoms with van der Waals surface area (Å²) in [4.78, 5) is 32.7. The molecule has 0 saturated carbocycles. The summed E-state index contributed by atoms with van der Waals surface area (Å²) >= 11 is 1.09. The molecule has 1 aliphatic heterocycles. The fourth-order valence-corrected chi connectivity index (χ4v) is 3.77. The number of rotatable bonds is 6. The van der Waals surface area contributed by atoms with Gasteiger partial charge in [0.15, 0.2) is 10.8 Å². The van der Waals surface area contributed by atoms with Gasteiger partial charge in [0.2, 0.25) is 0 Å². The number of anilines is 1. The predicted octanol–water partition coefficient (Wildman–Crippen LogP) is -1.02. The fourth-order valence-electron chi connectivity index (χ4n) is 2.26. The number of hydrogen-bond acceptors (Lipinski definition) is 9. The Hall–Kier alpha value is -2.25. The number of oxime groups is 1. The van der Waals surface area contributed by atoms with Gasteiger partial charge in [-0.3, -0.25) is 14.1 Å². The molecule has 2 atom stereocenters. The van der Waals surface area contributed by atoms with Gasteiger partial charge in [-0.15, -0.1) is 11.3 Å². The summed E-state index contributed by atoms with van der Waals surface area (Å²) in [5.74, 6) is -1.72. The molecule has 132 valence electrons. The first-order valence-corrected chi connectivity index (χ1v) is 8.92. The van der Waals surface area contributed by atoms with Crippen molar-refractivity contribution in [3.63, 3.8) is 0 Å². The molecule has 1 aromatic rings. The van der Waals surface area contributed by atoms with Crippen LogP contribution in [-0.4, -0.2) is 59.0 Å². The minimum atomic E-state index is -4.67. The molecule has 11 nitrogen and oxygen atoms in total. The molecule has 0 radical (unpaired) electrons. The number of aromatic nitrogens is 1. The second kappa shape index (κ2) is 6.70. The Morgan fingerprint density at radius 2 is 2.29 bits per heavy atom. The molecule has 0 spiro atoms. The zero-order valence-electron chi connectivity index (χ0n) is 12.7. The van der Waals surface area contributed by atoms with Gasteiger partial charge in [-0.1, -0.05) is 12.1 Å². The van der Waals surface area contributed by atoms with Crippen LogP contribution in [-0.2, 0) is 24.7 Å². The topological polar surface area (TPSA) is 164 Å². The standard InChI is InChI=1S/C11H15N5O6S2/c1-3-6-8(10(18)16(6)24(19,20)21)14-9(17)7(15-22-2)5-4-23-11(12)13-5/h4,6,8H,3H2,1-2H3,(H2,12,13)(H,14,17)(H,19,20,21)/b15-7-. The average molecular weight is 377 g/mol. The summed E-state index contributed by atoms with van der Waals surface area (Å²) < 4.78 is 31.7. The van der Waals surface area contributed by atoms with Crippen LogP contribution >= 0.6 is 11.3 Å². The third-order valence-electron chi connectivity index (χ3n) is 3.28. The predicted molar refractivity (Wildman–Crippen MR) is 84.5 cm³/mol. The van der Waals surface area contributed by atoms with Gasteiger partial charge in [0, 0.05) is 5.38 Å². The van der Waals surface area contributed by atoms with Crippen molar-refractivity contribution in [2.24, 2.45) is 5.16 Å². The molecule has 1 saturated heterocycles. The van der Waals surface area contributed by atoms with E-state index in [-0.39, 0.29) is 23.0 Å². The maximum Gasteiger partial charge on any atom is 0.362 e. The van der Waals surface area contributed by atoms with E-state index in [9.17, 15) is 18.0 Å². The number of hydrogen-bond donors (Lipinski definition) is 3. The number of nitrogens with zero attached hydrogens (tertiary/aromatic N) is 3. The Balaban J connectivity index is 2.19. The summed E-state index contributed by atoms with van der Waals surface area (Å²) in [5.41, 5.74) is 5.45. The lowest BCUT2D eigenvalue weighted by Crippen LogP contribution is -2.72. The van der Waals surface area contributed by atoms with E-state index < -0.39 is 34.2 Å². The maximum absolute atomic E-state index is 12.3. The number of nitrogens with one attached hydrogen (secondary N) is 1. The summed E-state index contributed by atoms with van der Waals surface area (Å²) in [6.07, 6.45) is 0.205. The molecular weight excluding hydrogens is 362 g/mol. The minimum Gasteiger partial charge on any atom is -0.398 e. The molecule has 2 amide bonds. The van der Waals surface area contributed by atoms with Gasteiger partial charge in [0.1, 0.15) is 18.8 Å². The van der Waals surface area contributed by atoms with Gasteiger partial charge in [0.05, 0.1) is 6.04 Å². The highest BCUT2D eigenvalue weighted by Crippen LogP contribution is 2.26. The van der Waals surface area contributed by atoms with Crippen LogP contribution < -0.4 is 11.1 Å². The van der Waals surface area contributed by atoms with Crippen molar-refractivity contribution >= 4 is 44.3 Å². The largest absolute Gasteiger partial charge is 0.398 e. The summed E-state index contributed by atoms with van der Waals surface area (Å²) in [5, 5.41) is 7.63. The Kier molecular flexibility index (Phi) is 5.05. The van der Waals surface area contributed by atoms with E-state index in [1.807, 2.05) is 0 Å². The van der Waals surface area contributed by atoms with E-state index in [2.05, 4.69) is 20.3 Å². The molecule has 2 unspecified atom stereocenters. The molecule has 4 N–H and O–H groups in total. The maximum atomic E-state index is 12.3. The first-order chi connectivity index (χ1) is 11.2. The molecule has 0 aromatic carbocycles. The Labute approximate surface area is 141 Å². The van der Waals surface area contributed by atoms with Gasteiger partial charge in [0.25, 0.3) is 11.8 Å². The molecule has 2 heterocycles. The van der Waals surface area contributed by atoms with Crippen LogP contribution in [0.2, 0.25) is 0 Å². The van der Waals surface area contributed by atoms with Gasteiger partial charge >= 0.3 is 10.3 Å². The van der Waals surface area contributed by atoms with E-state index in [0.717, 1.165) is 11.3 Å². The van der Waals surface area contributed by atoms with E-state index in [1.54, 1.807) is 6.92 Å². The Bertz CT molecular complexity index is 789. The Morgan fingerprint density at radius 1 is 1.62 bits per heavy atom. The first-order valence-electron chi connectivity index (χ1n) is 6.64. The first kappa shape index (κ1) is 18.1. The zero-order chi connectivity index (χ0) is 18.1. The zero-order valence-corrected chi connectivity index (χ0v) is 14.3. The summed E-state index contributed by atoms with van der Waals surface area (Å²) in [6, 6.07) is -2.00. The van der Waals surface area contributed by atoms with Crippen molar-refractivity contribution in [1.82, 2.24) is 14.6 Å². The number of amides is 2. The average Bonchev–Trinajstić information content (AvgIpc) is 2.91. The highest BCUT2D eigenvalue weighted by atomic mass is 32.2. The van der Waals surface area contributed by atoms with Crippen molar-refractivity contribution in [3.8, 4) is 0 Å². The van der Waals surface area contributed by atoms with Crippen molar-refractivity contribution in [2.45, 2.75) is 25.4 Å². The molecule has 1 aliphatic rings. The lowest BCUT2D eigenvalue weighted by Gasteiger charge is -2.43. The molecule has 2 rings (SSSR count). The third-order valence-corrected chi connectivity index (χ3v) is 4.91. The number of β-lactam (4-membered cyclic amide) rings is 1. The Morgan fingerprint density at radius 3 is 2.75 bits per heavy atom. The van der Waals surface area contributed by atoms with Crippen molar-refractivity contribution < 1.29 is 27.4 Å². The van der Waals surface area contributed by atoms with Gasteiger partial charge in [-0.05, 0) is 6.42 Å². The molecule has 0 aliphatic carbocycles. The molecule has 0 bridgehead atoms. The van der Waals surface area contributed by atoms with Crippen LogP contribution in [0.15, 0.2) is 10.5 Å². The van der Waals surface area contributed by atoms with Crippen molar-refractivity contribution in [3.05, 3.63) is 11.1 Å². The number of carbonyl (C=O) groups excluding carboxylic acids is 2. The molecule has 24 heavy (non-hydrogen) atoms. The molecular formula is C11H15N5O6S2. The van der Waals surface area contributed by atoms with E-state index >= 15 is 0 Å². The number of thiazole rings is 1.